The van der Waals surface area contributed by atoms with Crippen LogP contribution in [0.3, 0.4) is 0 Å². The molecule has 3 N–H and O–H groups in total. The molecule has 0 radical (unpaired) electrons. The van der Waals surface area contributed by atoms with Crippen LogP contribution in [0, 0.1) is 5.92 Å². The van der Waals surface area contributed by atoms with Crippen molar-refractivity contribution in [3.05, 3.63) is 0 Å². The van der Waals surface area contributed by atoms with E-state index in [1.807, 2.05) is 0 Å². The van der Waals surface area contributed by atoms with E-state index in [1.165, 1.54) is 32.1 Å². The van der Waals surface area contributed by atoms with Gasteiger partial charge in [-0.2, -0.15) is 0 Å². The van der Waals surface area contributed by atoms with Gasteiger partial charge in [0.05, 0.1) is 6.17 Å². The van der Waals surface area contributed by atoms with E-state index in [0.717, 1.165) is 12.5 Å². The third-order valence-electron chi connectivity index (χ3n) is 3.25. The maximum Gasteiger partial charge on any atom is 0.0733 e. The lowest BCUT2D eigenvalue weighted by Gasteiger charge is -2.37. The van der Waals surface area contributed by atoms with E-state index in [2.05, 4.69) is 23.1 Å². The van der Waals surface area contributed by atoms with Crippen molar-refractivity contribution in [3.63, 3.8) is 0 Å². The zero-order valence-electron chi connectivity index (χ0n) is 8.47. The van der Waals surface area contributed by atoms with Gasteiger partial charge in [-0.25, -0.2) is 5.43 Å². The molecule has 1 aliphatic heterocycles. The highest BCUT2D eigenvalue weighted by atomic mass is 15.5. The van der Waals surface area contributed by atoms with Gasteiger partial charge in [0.1, 0.15) is 0 Å². The normalized spacial score (nSPS) is 37.6. The van der Waals surface area contributed by atoms with E-state index in [1.54, 1.807) is 0 Å². The molecule has 2 atom stereocenters. The largest absolute Gasteiger partial charge is 0.299 e. The third kappa shape index (κ3) is 2.42. The Morgan fingerprint density at radius 2 is 1.77 bits per heavy atom. The van der Waals surface area contributed by atoms with Crippen molar-refractivity contribution in [2.24, 2.45) is 5.92 Å². The fourth-order valence-corrected chi connectivity index (χ4v) is 2.39. The van der Waals surface area contributed by atoms with Gasteiger partial charge in [0.15, 0.2) is 0 Å². The summed E-state index contributed by atoms with van der Waals surface area (Å²) in [5, 5.41) is 3.56. The van der Waals surface area contributed by atoms with Crippen LogP contribution in [0.25, 0.3) is 0 Å². The average Bonchev–Trinajstić information content (AvgIpc) is 2.20. The van der Waals surface area contributed by atoms with Crippen LogP contribution in [0.15, 0.2) is 0 Å². The zero-order chi connectivity index (χ0) is 9.10. The fraction of sp³-hybridized carbons (Fsp3) is 1.00. The SMILES string of the molecule is CC1CNC(C2CCCCC2)NN1. The van der Waals surface area contributed by atoms with Gasteiger partial charge in [-0.15, -0.1) is 0 Å². The molecule has 1 aliphatic carbocycles. The second-order valence-corrected chi connectivity index (χ2v) is 4.47. The molecule has 0 aromatic rings. The smallest absolute Gasteiger partial charge is 0.0733 e. The molecule has 3 heteroatoms. The zero-order valence-corrected chi connectivity index (χ0v) is 8.47. The van der Waals surface area contributed by atoms with E-state index in [4.69, 9.17) is 0 Å². The monoisotopic (exact) mass is 183 g/mol. The number of rotatable bonds is 1. The maximum absolute atomic E-state index is 3.56. The first-order valence-corrected chi connectivity index (χ1v) is 5.61. The summed E-state index contributed by atoms with van der Waals surface area (Å²) in [6.45, 7) is 3.28. The van der Waals surface area contributed by atoms with Crippen molar-refractivity contribution < 1.29 is 0 Å². The molecule has 0 aromatic carbocycles. The number of nitrogens with one attached hydrogen (secondary N) is 3. The molecule has 3 nitrogen and oxygen atoms in total. The van der Waals surface area contributed by atoms with Crippen molar-refractivity contribution in [1.82, 2.24) is 16.2 Å². The molecule has 0 spiro atoms. The van der Waals surface area contributed by atoms with Crippen LogP contribution in [0.2, 0.25) is 0 Å². The number of hydrogen-bond acceptors (Lipinski definition) is 3. The van der Waals surface area contributed by atoms with Crippen LogP contribution in [-0.2, 0) is 0 Å². The summed E-state index contributed by atoms with van der Waals surface area (Å²) < 4.78 is 0. The van der Waals surface area contributed by atoms with E-state index >= 15 is 0 Å². The second kappa shape index (κ2) is 4.40. The Morgan fingerprint density at radius 1 is 1.00 bits per heavy atom. The van der Waals surface area contributed by atoms with E-state index in [0.29, 0.717) is 12.2 Å². The summed E-state index contributed by atoms with van der Waals surface area (Å²) in [5.41, 5.74) is 6.69. The second-order valence-electron chi connectivity index (χ2n) is 4.47. The molecule has 0 bridgehead atoms. The first-order valence-electron chi connectivity index (χ1n) is 5.61. The van der Waals surface area contributed by atoms with Crippen molar-refractivity contribution in [2.45, 2.75) is 51.2 Å². The highest BCUT2D eigenvalue weighted by molar-refractivity contribution is 4.81. The Hall–Kier alpha value is -0.120. The van der Waals surface area contributed by atoms with Crippen LogP contribution >= 0.6 is 0 Å². The van der Waals surface area contributed by atoms with Crippen LogP contribution in [0.5, 0.6) is 0 Å². The van der Waals surface area contributed by atoms with Gasteiger partial charge in [-0.1, -0.05) is 19.3 Å². The molecular formula is C10H21N3. The van der Waals surface area contributed by atoms with Crippen molar-refractivity contribution in [1.29, 1.82) is 0 Å². The lowest BCUT2D eigenvalue weighted by atomic mass is 9.87. The molecule has 2 unspecified atom stereocenters. The molecule has 2 rings (SSSR count). The summed E-state index contributed by atoms with van der Waals surface area (Å²) in [4.78, 5) is 0. The minimum atomic E-state index is 0.511. The number of hydrogen-bond donors (Lipinski definition) is 3. The van der Waals surface area contributed by atoms with E-state index in [9.17, 15) is 0 Å². The van der Waals surface area contributed by atoms with Gasteiger partial charge in [-0.3, -0.25) is 10.7 Å². The molecular weight excluding hydrogens is 162 g/mol. The summed E-state index contributed by atoms with van der Waals surface area (Å²) in [6, 6.07) is 0.555. The fourth-order valence-electron chi connectivity index (χ4n) is 2.39. The van der Waals surface area contributed by atoms with Gasteiger partial charge in [-0.05, 0) is 25.7 Å². The first kappa shape index (κ1) is 9.44. The molecule has 1 saturated heterocycles. The van der Waals surface area contributed by atoms with Crippen molar-refractivity contribution >= 4 is 0 Å². The molecule has 13 heavy (non-hydrogen) atoms. The lowest BCUT2D eigenvalue weighted by Crippen LogP contribution is -2.63. The molecule has 1 saturated carbocycles. The minimum absolute atomic E-state index is 0.511. The molecule has 1 heterocycles. The molecule has 76 valence electrons. The average molecular weight is 183 g/mol. The predicted octanol–water partition coefficient (Wildman–Crippen LogP) is 0.979. The topological polar surface area (TPSA) is 36.1 Å². The van der Waals surface area contributed by atoms with Crippen LogP contribution in [-0.4, -0.2) is 18.8 Å². The standard InChI is InChI=1S/C10H21N3/c1-8-7-11-10(13-12-8)9-5-3-2-4-6-9/h8-13H,2-7H2,1H3. The Kier molecular flexibility index (Phi) is 3.19. The molecule has 0 amide bonds. The molecule has 2 aliphatic rings. The van der Waals surface area contributed by atoms with Crippen LogP contribution in [0.1, 0.15) is 39.0 Å². The van der Waals surface area contributed by atoms with Gasteiger partial charge >= 0.3 is 0 Å². The molecule has 2 fully saturated rings. The Bertz CT molecular complexity index is 146. The van der Waals surface area contributed by atoms with Gasteiger partial charge < -0.3 is 0 Å². The Labute approximate surface area is 80.6 Å². The highest BCUT2D eigenvalue weighted by Crippen LogP contribution is 2.25. The van der Waals surface area contributed by atoms with Gasteiger partial charge in [0.25, 0.3) is 0 Å². The number of hydrazine groups is 1. The Balaban J connectivity index is 1.79. The van der Waals surface area contributed by atoms with Gasteiger partial charge in [0, 0.05) is 12.6 Å². The maximum atomic E-state index is 3.56. The van der Waals surface area contributed by atoms with Crippen LogP contribution < -0.4 is 16.2 Å². The summed E-state index contributed by atoms with van der Waals surface area (Å²) in [6.07, 6.45) is 7.56. The quantitative estimate of drug-likeness (QED) is 0.567. The van der Waals surface area contributed by atoms with Crippen molar-refractivity contribution in [2.75, 3.05) is 6.54 Å². The van der Waals surface area contributed by atoms with E-state index in [-0.39, 0.29) is 0 Å². The summed E-state index contributed by atoms with van der Waals surface area (Å²) in [7, 11) is 0. The lowest BCUT2D eigenvalue weighted by molar-refractivity contribution is 0.171. The first-order chi connectivity index (χ1) is 6.36. The third-order valence-corrected chi connectivity index (χ3v) is 3.25. The Morgan fingerprint density at radius 3 is 2.38 bits per heavy atom. The van der Waals surface area contributed by atoms with Crippen molar-refractivity contribution in [3.8, 4) is 0 Å². The summed E-state index contributed by atoms with van der Waals surface area (Å²) in [5.74, 6) is 0.841. The summed E-state index contributed by atoms with van der Waals surface area (Å²) >= 11 is 0. The van der Waals surface area contributed by atoms with E-state index < -0.39 is 0 Å². The molecule has 0 aromatic heterocycles. The minimum Gasteiger partial charge on any atom is -0.299 e. The van der Waals surface area contributed by atoms with Crippen LogP contribution in [0.4, 0.5) is 0 Å². The predicted molar refractivity (Wildman–Crippen MR) is 54.1 cm³/mol. The highest BCUT2D eigenvalue weighted by Gasteiger charge is 2.25. The van der Waals surface area contributed by atoms with Gasteiger partial charge in [0.2, 0.25) is 0 Å².